The van der Waals surface area contributed by atoms with Crippen LogP contribution in [-0.4, -0.2) is 5.11 Å². The van der Waals surface area contributed by atoms with Crippen LogP contribution in [0.3, 0.4) is 0 Å². The maximum absolute atomic E-state index is 13.5. The van der Waals surface area contributed by atoms with E-state index >= 15 is 0 Å². The molecule has 0 saturated carbocycles. The van der Waals surface area contributed by atoms with E-state index in [9.17, 15) is 9.50 Å². The topological polar surface area (TPSA) is 33.4 Å². The number of hydrogen-bond acceptors (Lipinski definition) is 2. The Balaban J connectivity index is 2.17. The molecule has 0 aliphatic heterocycles. The minimum absolute atomic E-state index is 0.326. The Morgan fingerprint density at radius 3 is 2.81 bits per heavy atom. The van der Waals surface area contributed by atoms with Gasteiger partial charge in [0.1, 0.15) is 5.82 Å². The van der Waals surface area contributed by atoms with Crippen LogP contribution in [0.2, 0.25) is 0 Å². The zero-order chi connectivity index (χ0) is 11.5. The molecule has 0 spiro atoms. The van der Waals surface area contributed by atoms with Crippen LogP contribution < -0.4 is 0 Å². The van der Waals surface area contributed by atoms with E-state index in [-0.39, 0.29) is 5.82 Å². The van der Waals surface area contributed by atoms with E-state index in [4.69, 9.17) is 4.42 Å². The summed E-state index contributed by atoms with van der Waals surface area (Å²) in [5, 5.41) is 9.88. The summed E-state index contributed by atoms with van der Waals surface area (Å²) in [5.74, 6) is -0.365. The van der Waals surface area contributed by atoms with Gasteiger partial charge in [0.25, 0.3) is 0 Å². The molecule has 0 aliphatic rings. The molecule has 1 unspecified atom stereocenters. The van der Waals surface area contributed by atoms with Gasteiger partial charge in [0, 0.05) is 12.0 Å². The minimum Gasteiger partial charge on any atom is -0.472 e. The summed E-state index contributed by atoms with van der Waals surface area (Å²) in [6.45, 7) is 1.81. The van der Waals surface area contributed by atoms with E-state index in [1.165, 1.54) is 12.3 Å². The van der Waals surface area contributed by atoms with Crippen molar-refractivity contribution in [3.05, 3.63) is 59.3 Å². The average Bonchev–Trinajstić information content (AvgIpc) is 2.70. The summed E-state index contributed by atoms with van der Waals surface area (Å²) >= 11 is 0. The van der Waals surface area contributed by atoms with Crippen molar-refractivity contribution in [1.29, 1.82) is 0 Å². The highest BCUT2D eigenvalue weighted by atomic mass is 19.1. The third kappa shape index (κ3) is 2.31. The Morgan fingerprint density at radius 1 is 1.38 bits per heavy atom. The molecule has 1 N–H and O–H groups in total. The second kappa shape index (κ2) is 4.49. The number of halogens is 1. The third-order valence-corrected chi connectivity index (χ3v) is 2.52. The Hall–Kier alpha value is -1.61. The second-order valence-corrected chi connectivity index (χ2v) is 3.88. The maximum Gasteiger partial charge on any atom is 0.129 e. The highest BCUT2D eigenvalue weighted by molar-refractivity contribution is 5.26. The predicted molar refractivity (Wildman–Crippen MR) is 58.5 cm³/mol. The molecule has 1 atom stereocenters. The van der Waals surface area contributed by atoms with Gasteiger partial charge in [0.15, 0.2) is 0 Å². The monoisotopic (exact) mass is 220 g/mol. The van der Waals surface area contributed by atoms with Crippen molar-refractivity contribution in [3.8, 4) is 0 Å². The van der Waals surface area contributed by atoms with Gasteiger partial charge in [-0.15, -0.1) is 0 Å². The zero-order valence-electron chi connectivity index (χ0n) is 8.98. The lowest BCUT2D eigenvalue weighted by Crippen LogP contribution is -2.04. The molecular formula is C13H13FO2. The summed E-state index contributed by atoms with van der Waals surface area (Å²) in [6.07, 6.45) is 2.61. The summed E-state index contributed by atoms with van der Waals surface area (Å²) in [6, 6.07) is 6.59. The summed E-state index contributed by atoms with van der Waals surface area (Å²) in [4.78, 5) is 0. The van der Waals surface area contributed by atoms with Crippen LogP contribution in [-0.2, 0) is 6.42 Å². The molecule has 0 fully saturated rings. The Labute approximate surface area is 93.3 Å². The highest BCUT2D eigenvalue weighted by Crippen LogP contribution is 2.22. The standard InChI is InChI=1S/C13H13FO2/c1-9-2-3-11(12(14)6-9)13(15)7-10-4-5-16-8-10/h2-6,8,13,15H,7H2,1H3. The molecule has 0 amide bonds. The minimum atomic E-state index is -0.835. The summed E-state index contributed by atoms with van der Waals surface area (Å²) in [5.41, 5.74) is 2.02. The lowest BCUT2D eigenvalue weighted by atomic mass is 10.0. The van der Waals surface area contributed by atoms with E-state index in [1.54, 1.807) is 24.5 Å². The summed E-state index contributed by atoms with van der Waals surface area (Å²) in [7, 11) is 0. The molecule has 1 aromatic carbocycles. The fourth-order valence-electron chi connectivity index (χ4n) is 1.64. The predicted octanol–water partition coefficient (Wildman–Crippen LogP) is 3.00. The number of aryl methyl sites for hydroxylation is 1. The van der Waals surface area contributed by atoms with Crippen molar-refractivity contribution in [1.82, 2.24) is 0 Å². The molecule has 2 nitrogen and oxygen atoms in total. The smallest absolute Gasteiger partial charge is 0.129 e. The Morgan fingerprint density at radius 2 is 2.19 bits per heavy atom. The van der Waals surface area contributed by atoms with Gasteiger partial charge in [0.05, 0.1) is 18.6 Å². The van der Waals surface area contributed by atoms with Gasteiger partial charge >= 0.3 is 0 Å². The molecule has 84 valence electrons. The van der Waals surface area contributed by atoms with Gasteiger partial charge in [-0.25, -0.2) is 4.39 Å². The highest BCUT2D eigenvalue weighted by Gasteiger charge is 2.13. The summed E-state index contributed by atoms with van der Waals surface area (Å²) < 4.78 is 18.4. The molecule has 2 rings (SSSR count). The van der Waals surface area contributed by atoms with Crippen molar-refractivity contribution >= 4 is 0 Å². The van der Waals surface area contributed by atoms with Crippen LogP contribution in [0, 0.1) is 12.7 Å². The van der Waals surface area contributed by atoms with Crippen molar-refractivity contribution in [2.45, 2.75) is 19.4 Å². The van der Waals surface area contributed by atoms with Crippen LogP contribution in [0.15, 0.2) is 41.2 Å². The van der Waals surface area contributed by atoms with E-state index in [1.807, 2.05) is 6.92 Å². The molecule has 0 radical (unpaired) electrons. The van der Waals surface area contributed by atoms with Gasteiger partial charge in [-0.1, -0.05) is 12.1 Å². The van der Waals surface area contributed by atoms with Crippen molar-refractivity contribution < 1.29 is 13.9 Å². The van der Waals surface area contributed by atoms with Gasteiger partial charge in [-0.05, 0) is 30.2 Å². The zero-order valence-corrected chi connectivity index (χ0v) is 8.98. The number of benzene rings is 1. The number of furan rings is 1. The van der Waals surface area contributed by atoms with Crippen molar-refractivity contribution in [3.63, 3.8) is 0 Å². The molecule has 0 saturated heterocycles. The third-order valence-electron chi connectivity index (χ3n) is 2.52. The largest absolute Gasteiger partial charge is 0.472 e. The van der Waals surface area contributed by atoms with Crippen LogP contribution >= 0.6 is 0 Å². The molecule has 0 aliphatic carbocycles. The van der Waals surface area contributed by atoms with Gasteiger partial charge < -0.3 is 9.52 Å². The van der Waals surface area contributed by atoms with Gasteiger partial charge in [0.2, 0.25) is 0 Å². The first-order chi connectivity index (χ1) is 7.66. The van der Waals surface area contributed by atoms with Crippen molar-refractivity contribution in [2.24, 2.45) is 0 Å². The number of aliphatic hydroxyl groups is 1. The first-order valence-corrected chi connectivity index (χ1v) is 5.12. The fourth-order valence-corrected chi connectivity index (χ4v) is 1.64. The molecular weight excluding hydrogens is 207 g/mol. The first-order valence-electron chi connectivity index (χ1n) is 5.12. The Bertz CT molecular complexity index is 463. The number of aliphatic hydroxyl groups excluding tert-OH is 1. The van der Waals surface area contributed by atoms with E-state index in [2.05, 4.69) is 0 Å². The van der Waals surface area contributed by atoms with Crippen LogP contribution in [0.5, 0.6) is 0 Å². The average molecular weight is 220 g/mol. The molecule has 3 heteroatoms. The first kappa shape index (κ1) is 10.9. The number of hydrogen-bond donors (Lipinski definition) is 1. The second-order valence-electron chi connectivity index (χ2n) is 3.88. The van der Waals surface area contributed by atoms with Crippen LogP contribution in [0.4, 0.5) is 4.39 Å². The normalized spacial score (nSPS) is 12.7. The van der Waals surface area contributed by atoms with E-state index < -0.39 is 6.10 Å². The fraction of sp³-hybridized carbons (Fsp3) is 0.231. The molecule has 1 aromatic heterocycles. The lowest BCUT2D eigenvalue weighted by molar-refractivity contribution is 0.173. The van der Waals surface area contributed by atoms with Crippen molar-refractivity contribution in [2.75, 3.05) is 0 Å². The maximum atomic E-state index is 13.5. The Kier molecular flexibility index (Phi) is 3.06. The molecule has 1 heterocycles. The van der Waals surface area contributed by atoms with Crippen LogP contribution in [0.25, 0.3) is 0 Å². The lowest BCUT2D eigenvalue weighted by Gasteiger charge is -2.11. The van der Waals surface area contributed by atoms with E-state index in [0.29, 0.717) is 12.0 Å². The molecule has 16 heavy (non-hydrogen) atoms. The van der Waals surface area contributed by atoms with E-state index in [0.717, 1.165) is 11.1 Å². The SMILES string of the molecule is Cc1ccc(C(O)Cc2ccoc2)c(F)c1. The molecule has 0 bridgehead atoms. The van der Waals surface area contributed by atoms with Crippen LogP contribution in [0.1, 0.15) is 22.8 Å². The van der Waals surface area contributed by atoms with Gasteiger partial charge in [-0.2, -0.15) is 0 Å². The quantitative estimate of drug-likeness (QED) is 0.862. The van der Waals surface area contributed by atoms with Gasteiger partial charge in [-0.3, -0.25) is 0 Å². The number of rotatable bonds is 3. The molecule has 2 aromatic rings.